The third kappa shape index (κ3) is 7.23. The first-order valence-electron chi connectivity index (χ1n) is 13.0. The SMILES string of the molecule is CCCC(NC(=O)Cc1ccc(C(=O)OCC)c(OCC)c1)c1ccccc1N1CCC(C)CC1. The van der Waals surface area contributed by atoms with E-state index in [4.69, 9.17) is 9.47 Å². The summed E-state index contributed by atoms with van der Waals surface area (Å²) in [5, 5.41) is 3.28. The van der Waals surface area contributed by atoms with Gasteiger partial charge in [0.2, 0.25) is 5.91 Å². The summed E-state index contributed by atoms with van der Waals surface area (Å²) in [7, 11) is 0. The summed E-state index contributed by atoms with van der Waals surface area (Å²) < 4.78 is 10.8. The van der Waals surface area contributed by atoms with Crippen molar-refractivity contribution in [1.82, 2.24) is 5.32 Å². The molecule has 1 aliphatic heterocycles. The Bertz CT molecular complexity index is 982. The summed E-state index contributed by atoms with van der Waals surface area (Å²) >= 11 is 0. The van der Waals surface area contributed by atoms with Crippen LogP contribution < -0.4 is 15.0 Å². The van der Waals surface area contributed by atoms with E-state index in [1.54, 1.807) is 25.1 Å². The zero-order valence-corrected chi connectivity index (χ0v) is 21.6. The minimum absolute atomic E-state index is 0.0446. The van der Waals surface area contributed by atoms with Gasteiger partial charge in [-0.1, -0.05) is 44.5 Å². The maximum absolute atomic E-state index is 13.1. The predicted octanol–water partition coefficient (Wildman–Crippen LogP) is 5.70. The molecule has 6 nitrogen and oxygen atoms in total. The fourth-order valence-electron chi connectivity index (χ4n) is 4.67. The number of nitrogens with zero attached hydrogens (tertiary/aromatic N) is 1. The molecule has 1 amide bonds. The highest BCUT2D eigenvalue weighted by Gasteiger charge is 2.23. The Balaban J connectivity index is 1.76. The molecule has 1 N–H and O–H groups in total. The number of hydrogen-bond acceptors (Lipinski definition) is 5. The van der Waals surface area contributed by atoms with Crippen molar-refractivity contribution in [3.63, 3.8) is 0 Å². The molecule has 1 unspecified atom stereocenters. The summed E-state index contributed by atoms with van der Waals surface area (Å²) in [6.07, 6.45) is 4.46. The van der Waals surface area contributed by atoms with Crippen LogP contribution in [-0.4, -0.2) is 38.2 Å². The Morgan fingerprint density at radius 3 is 2.49 bits per heavy atom. The average Bonchev–Trinajstić information content (AvgIpc) is 2.85. The highest BCUT2D eigenvalue weighted by atomic mass is 16.5. The number of ether oxygens (including phenoxy) is 2. The molecular weight excluding hydrogens is 440 g/mol. The molecule has 190 valence electrons. The molecule has 0 radical (unpaired) electrons. The lowest BCUT2D eigenvalue weighted by Gasteiger charge is -2.35. The second kappa shape index (κ2) is 13.2. The van der Waals surface area contributed by atoms with E-state index >= 15 is 0 Å². The van der Waals surface area contributed by atoms with Gasteiger partial charge in [0.1, 0.15) is 11.3 Å². The van der Waals surface area contributed by atoms with Crippen molar-refractivity contribution in [2.24, 2.45) is 5.92 Å². The van der Waals surface area contributed by atoms with Crippen LogP contribution in [0.2, 0.25) is 0 Å². The quantitative estimate of drug-likeness (QED) is 0.418. The molecule has 1 fully saturated rings. The molecule has 0 saturated carbocycles. The van der Waals surface area contributed by atoms with E-state index in [2.05, 4.69) is 48.3 Å². The lowest BCUT2D eigenvalue weighted by atomic mass is 9.95. The van der Waals surface area contributed by atoms with Crippen LogP contribution in [-0.2, 0) is 16.0 Å². The van der Waals surface area contributed by atoms with Crippen LogP contribution in [0.5, 0.6) is 5.75 Å². The zero-order chi connectivity index (χ0) is 25.2. The summed E-state index contributed by atoms with van der Waals surface area (Å²) in [6, 6.07) is 13.7. The molecule has 2 aromatic carbocycles. The van der Waals surface area contributed by atoms with Crippen LogP contribution >= 0.6 is 0 Å². The van der Waals surface area contributed by atoms with Crippen molar-refractivity contribution in [3.8, 4) is 5.75 Å². The molecule has 6 heteroatoms. The second-order valence-corrected chi connectivity index (χ2v) is 9.30. The van der Waals surface area contributed by atoms with E-state index in [0.29, 0.717) is 24.5 Å². The van der Waals surface area contributed by atoms with E-state index in [-0.39, 0.29) is 18.4 Å². The van der Waals surface area contributed by atoms with Gasteiger partial charge in [0.25, 0.3) is 0 Å². The number of carbonyl (C=O) groups is 2. The fourth-order valence-corrected chi connectivity index (χ4v) is 4.67. The number of carbonyl (C=O) groups excluding carboxylic acids is 2. The van der Waals surface area contributed by atoms with Gasteiger partial charge in [-0.2, -0.15) is 0 Å². The van der Waals surface area contributed by atoms with Gasteiger partial charge in [-0.25, -0.2) is 4.79 Å². The second-order valence-electron chi connectivity index (χ2n) is 9.30. The first kappa shape index (κ1) is 26.6. The molecule has 3 rings (SSSR count). The van der Waals surface area contributed by atoms with E-state index in [9.17, 15) is 9.59 Å². The van der Waals surface area contributed by atoms with E-state index in [0.717, 1.165) is 37.4 Å². The van der Waals surface area contributed by atoms with Crippen molar-refractivity contribution in [2.75, 3.05) is 31.2 Å². The lowest BCUT2D eigenvalue weighted by Crippen LogP contribution is -2.35. The number of para-hydroxylation sites is 1. The normalized spacial score (nSPS) is 14.9. The van der Waals surface area contributed by atoms with Gasteiger partial charge in [0, 0.05) is 18.8 Å². The predicted molar refractivity (Wildman–Crippen MR) is 140 cm³/mol. The Hall–Kier alpha value is -3.02. The maximum atomic E-state index is 13.1. The Morgan fingerprint density at radius 2 is 1.80 bits per heavy atom. The number of esters is 1. The zero-order valence-electron chi connectivity index (χ0n) is 21.6. The third-order valence-electron chi connectivity index (χ3n) is 6.55. The number of anilines is 1. The number of rotatable bonds is 11. The molecular formula is C29H40N2O4. The fraction of sp³-hybridized carbons (Fsp3) is 0.517. The molecule has 1 aliphatic rings. The van der Waals surface area contributed by atoms with Gasteiger partial charge in [0.15, 0.2) is 0 Å². The molecule has 1 heterocycles. The summed E-state index contributed by atoms with van der Waals surface area (Å²) in [4.78, 5) is 27.8. The Kier molecular flexibility index (Phi) is 10.0. The first-order valence-corrected chi connectivity index (χ1v) is 13.0. The standard InChI is InChI=1S/C29H40N2O4/c1-5-10-25(23-11-8-9-12-26(23)31-17-15-21(4)16-18-31)30-28(32)20-22-13-14-24(29(33)35-7-3)27(19-22)34-6-2/h8-9,11-14,19,21,25H,5-7,10,15-18,20H2,1-4H3,(H,30,32). The van der Waals surface area contributed by atoms with Crippen LogP contribution in [0.4, 0.5) is 5.69 Å². The number of piperidine rings is 1. The van der Waals surface area contributed by atoms with Crippen LogP contribution in [0.3, 0.4) is 0 Å². The van der Waals surface area contributed by atoms with Gasteiger partial charge >= 0.3 is 5.97 Å². The van der Waals surface area contributed by atoms with Crippen molar-refractivity contribution in [1.29, 1.82) is 0 Å². The van der Waals surface area contributed by atoms with Crippen LogP contribution in [0.15, 0.2) is 42.5 Å². The van der Waals surface area contributed by atoms with Crippen molar-refractivity contribution in [3.05, 3.63) is 59.2 Å². The topological polar surface area (TPSA) is 67.9 Å². The Labute approximate surface area is 210 Å². The van der Waals surface area contributed by atoms with Crippen molar-refractivity contribution < 1.29 is 19.1 Å². The molecule has 1 atom stereocenters. The van der Waals surface area contributed by atoms with Gasteiger partial charge in [-0.15, -0.1) is 0 Å². The van der Waals surface area contributed by atoms with Crippen LogP contribution in [0.1, 0.15) is 80.9 Å². The molecule has 0 aromatic heterocycles. The molecule has 2 aromatic rings. The van der Waals surface area contributed by atoms with Crippen molar-refractivity contribution >= 4 is 17.6 Å². The molecule has 0 bridgehead atoms. The summed E-state index contributed by atoms with van der Waals surface area (Å²) in [5.41, 5.74) is 3.60. The van der Waals surface area contributed by atoms with Crippen molar-refractivity contribution in [2.45, 2.75) is 65.8 Å². The minimum Gasteiger partial charge on any atom is -0.493 e. The van der Waals surface area contributed by atoms with E-state index in [1.165, 1.54) is 24.1 Å². The number of benzene rings is 2. The largest absolute Gasteiger partial charge is 0.493 e. The van der Waals surface area contributed by atoms with Gasteiger partial charge in [0.05, 0.1) is 25.7 Å². The highest BCUT2D eigenvalue weighted by Crippen LogP contribution is 2.32. The Morgan fingerprint density at radius 1 is 1.06 bits per heavy atom. The van der Waals surface area contributed by atoms with E-state index in [1.807, 2.05) is 6.92 Å². The molecule has 0 spiro atoms. The van der Waals surface area contributed by atoms with Gasteiger partial charge in [-0.05, 0) is 68.4 Å². The third-order valence-corrected chi connectivity index (χ3v) is 6.55. The highest BCUT2D eigenvalue weighted by molar-refractivity contribution is 5.93. The van der Waals surface area contributed by atoms with Crippen LogP contribution in [0.25, 0.3) is 0 Å². The molecule has 35 heavy (non-hydrogen) atoms. The van der Waals surface area contributed by atoms with Gasteiger partial charge in [-0.3, -0.25) is 4.79 Å². The number of amides is 1. The maximum Gasteiger partial charge on any atom is 0.341 e. The number of nitrogens with one attached hydrogen (secondary N) is 1. The first-order chi connectivity index (χ1) is 17.0. The average molecular weight is 481 g/mol. The van der Waals surface area contributed by atoms with E-state index < -0.39 is 5.97 Å². The monoisotopic (exact) mass is 480 g/mol. The molecule has 0 aliphatic carbocycles. The molecule has 1 saturated heterocycles. The smallest absolute Gasteiger partial charge is 0.341 e. The minimum atomic E-state index is -0.418. The summed E-state index contributed by atoms with van der Waals surface area (Å²) in [5.74, 6) is 0.753. The van der Waals surface area contributed by atoms with Gasteiger partial charge < -0.3 is 19.7 Å². The number of hydrogen-bond donors (Lipinski definition) is 1. The summed E-state index contributed by atoms with van der Waals surface area (Å²) in [6.45, 7) is 10.9. The lowest BCUT2D eigenvalue weighted by molar-refractivity contribution is -0.121. The van der Waals surface area contributed by atoms with Crippen LogP contribution in [0, 0.1) is 5.92 Å².